The zero-order valence-electron chi connectivity index (χ0n) is 9.50. The van der Waals surface area contributed by atoms with Gasteiger partial charge in [-0.3, -0.25) is 0 Å². The Kier molecular flexibility index (Phi) is 3.69. The maximum atomic E-state index is 3.79. The highest BCUT2D eigenvalue weighted by Crippen LogP contribution is 2.16. The van der Waals surface area contributed by atoms with Crippen LogP contribution in [0.1, 0.15) is 25.5 Å². The zero-order chi connectivity index (χ0) is 11.4. The first-order valence-electron chi connectivity index (χ1n) is 5.36. The third-order valence-electron chi connectivity index (χ3n) is 2.53. The minimum Gasteiger partial charge on any atom is -0.319 e. The van der Waals surface area contributed by atoms with E-state index in [2.05, 4.69) is 46.2 Å². The van der Waals surface area contributed by atoms with E-state index in [4.69, 9.17) is 0 Å². The van der Waals surface area contributed by atoms with Crippen molar-refractivity contribution >= 4 is 11.3 Å². The maximum Gasteiger partial charge on any atom is 0.119 e. The van der Waals surface area contributed by atoms with Crippen LogP contribution in [0.25, 0.3) is 0 Å². The smallest absolute Gasteiger partial charge is 0.119 e. The van der Waals surface area contributed by atoms with Crippen molar-refractivity contribution in [2.24, 2.45) is 0 Å². The molecule has 2 aromatic rings. The Morgan fingerprint density at radius 1 is 1.38 bits per heavy atom. The van der Waals surface area contributed by atoms with Crippen molar-refractivity contribution in [1.29, 1.82) is 0 Å². The predicted octanol–water partition coefficient (Wildman–Crippen LogP) is 2.08. The fourth-order valence-electron chi connectivity index (χ4n) is 1.73. The molecule has 0 aromatic carbocycles. The molecule has 2 unspecified atom stereocenters. The molecule has 2 rings (SSSR count). The summed E-state index contributed by atoms with van der Waals surface area (Å²) in [6.45, 7) is 5.25. The Balaban J connectivity index is 1.85. The first-order valence-corrected chi connectivity index (χ1v) is 6.30. The van der Waals surface area contributed by atoms with E-state index in [1.54, 1.807) is 24.0 Å². The molecule has 0 amide bonds. The summed E-state index contributed by atoms with van der Waals surface area (Å²) in [6, 6.07) is 2.94. The Morgan fingerprint density at radius 2 is 2.12 bits per heavy atom. The van der Waals surface area contributed by atoms with Crippen molar-refractivity contribution in [2.45, 2.75) is 32.5 Å². The Bertz CT molecular complexity index is 396. The largest absolute Gasteiger partial charge is 0.319 e. The van der Waals surface area contributed by atoms with Gasteiger partial charge in [0.2, 0.25) is 0 Å². The highest BCUT2D eigenvalue weighted by Gasteiger charge is 2.09. The van der Waals surface area contributed by atoms with Gasteiger partial charge in [0, 0.05) is 18.6 Å². The van der Waals surface area contributed by atoms with Crippen molar-refractivity contribution in [1.82, 2.24) is 20.1 Å². The highest BCUT2D eigenvalue weighted by molar-refractivity contribution is 7.07. The molecular weight excluding hydrogens is 220 g/mol. The maximum absolute atomic E-state index is 3.79. The van der Waals surface area contributed by atoms with E-state index in [1.165, 1.54) is 5.56 Å². The van der Waals surface area contributed by atoms with Gasteiger partial charge in [-0.2, -0.15) is 11.3 Å². The van der Waals surface area contributed by atoms with Crippen LogP contribution in [0.5, 0.6) is 0 Å². The number of hydrogen-bond acceptors (Lipinski definition) is 4. The van der Waals surface area contributed by atoms with E-state index in [-0.39, 0.29) is 0 Å². The van der Waals surface area contributed by atoms with Crippen LogP contribution in [0, 0.1) is 0 Å². The Hall–Kier alpha value is -1.20. The fraction of sp³-hybridized carbons (Fsp3) is 0.455. The molecule has 0 radical (unpaired) electrons. The van der Waals surface area contributed by atoms with Crippen LogP contribution in [0.2, 0.25) is 0 Å². The number of nitrogens with one attached hydrogen (secondary N) is 1. The van der Waals surface area contributed by atoms with E-state index in [9.17, 15) is 0 Å². The summed E-state index contributed by atoms with van der Waals surface area (Å²) in [5.74, 6) is 0. The summed E-state index contributed by atoms with van der Waals surface area (Å²) in [4.78, 5) is 0. The molecule has 0 spiro atoms. The number of thiophene rings is 1. The molecular formula is C11H16N4S. The van der Waals surface area contributed by atoms with E-state index < -0.39 is 0 Å². The summed E-state index contributed by atoms with van der Waals surface area (Å²) < 4.78 is 1.98. The summed E-state index contributed by atoms with van der Waals surface area (Å²) in [6.07, 6.45) is 3.49. The van der Waals surface area contributed by atoms with Crippen LogP contribution in [0.4, 0.5) is 0 Å². The molecule has 2 atom stereocenters. The van der Waals surface area contributed by atoms with E-state index in [0.717, 1.165) is 6.54 Å². The van der Waals surface area contributed by atoms with Crippen LogP contribution in [0.3, 0.4) is 0 Å². The van der Waals surface area contributed by atoms with Crippen molar-refractivity contribution in [3.63, 3.8) is 0 Å². The number of rotatable bonds is 5. The van der Waals surface area contributed by atoms with Gasteiger partial charge in [0.1, 0.15) is 12.7 Å². The second-order valence-corrected chi connectivity index (χ2v) is 4.78. The normalized spacial score (nSPS) is 14.9. The molecule has 0 fully saturated rings. The highest BCUT2D eigenvalue weighted by atomic mass is 32.1. The fourth-order valence-corrected chi connectivity index (χ4v) is 2.48. The van der Waals surface area contributed by atoms with Gasteiger partial charge in [0.25, 0.3) is 0 Å². The van der Waals surface area contributed by atoms with Crippen molar-refractivity contribution in [3.05, 3.63) is 35.0 Å². The lowest BCUT2D eigenvalue weighted by Crippen LogP contribution is -2.32. The van der Waals surface area contributed by atoms with E-state index in [1.807, 2.05) is 4.57 Å². The van der Waals surface area contributed by atoms with Crippen LogP contribution in [-0.2, 0) is 6.54 Å². The molecule has 2 heterocycles. The van der Waals surface area contributed by atoms with Gasteiger partial charge in [-0.05, 0) is 36.2 Å². The number of aromatic nitrogens is 3. The zero-order valence-corrected chi connectivity index (χ0v) is 10.3. The standard InChI is InChI=1S/C11H16N4S/c1-9(5-15-7-12-13-8-15)14-10(2)11-3-4-16-6-11/h3-4,6-10,14H,5H2,1-2H3. The van der Waals surface area contributed by atoms with Gasteiger partial charge in [-0.1, -0.05) is 0 Å². The van der Waals surface area contributed by atoms with E-state index in [0.29, 0.717) is 12.1 Å². The molecule has 4 nitrogen and oxygen atoms in total. The van der Waals surface area contributed by atoms with Gasteiger partial charge >= 0.3 is 0 Å². The lowest BCUT2D eigenvalue weighted by atomic mass is 10.1. The third-order valence-corrected chi connectivity index (χ3v) is 3.23. The first kappa shape index (κ1) is 11.3. The van der Waals surface area contributed by atoms with Crippen LogP contribution in [0.15, 0.2) is 29.5 Å². The Morgan fingerprint density at radius 3 is 2.75 bits per heavy atom. The van der Waals surface area contributed by atoms with Crippen molar-refractivity contribution in [3.8, 4) is 0 Å². The summed E-state index contributed by atoms with van der Waals surface area (Å²) in [7, 11) is 0. The molecule has 1 N–H and O–H groups in total. The summed E-state index contributed by atoms with van der Waals surface area (Å²) >= 11 is 1.74. The van der Waals surface area contributed by atoms with Gasteiger partial charge in [-0.15, -0.1) is 10.2 Å². The topological polar surface area (TPSA) is 42.7 Å². The third kappa shape index (κ3) is 2.90. The molecule has 0 saturated heterocycles. The summed E-state index contributed by atoms with van der Waals surface area (Å²) in [5, 5.41) is 15.4. The molecule has 16 heavy (non-hydrogen) atoms. The number of hydrogen-bond donors (Lipinski definition) is 1. The average molecular weight is 236 g/mol. The molecule has 0 aliphatic rings. The van der Waals surface area contributed by atoms with E-state index >= 15 is 0 Å². The van der Waals surface area contributed by atoms with Crippen LogP contribution >= 0.6 is 11.3 Å². The SMILES string of the molecule is CC(Cn1cnnc1)NC(C)c1ccsc1. The predicted molar refractivity (Wildman–Crippen MR) is 65.4 cm³/mol. The second kappa shape index (κ2) is 5.23. The minimum atomic E-state index is 0.387. The van der Waals surface area contributed by atoms with Gasteiger partial charge in [0.15, 0.2) is 0 Å². The lowest BCUT2D eigenvalue weighted by molar-refractivity contribution is 0.430. The van der Waals surface area contributed by atoms with Gasteiger partial charge in [-0.25, -0.2) is 0 Å². The quantitative estimate of drug-likeness (QED) is 0.864. The van der Waals surface area contributed by atoms with Crippen LogP contribution < -0.4 is 5.32 Å². The molecule has 0 saturated carbocycles. The average Bonchev–Trinajstić information content (AvgIpc) is 2.88. The first-order chi connectivity index (χ1) is 7.75. The van der Waals surface area contributed by atoms with Crippen LogP contribution in [-0.4, -0.2) is 20.8 Å². The molecule has 0 bridgehead atoms. The Labute approximate surface area is 99.3 Å². The second-order valence-electron chi connectivity index (χ2n) is 4.00. The van der Waals surface area contributed by atoms with Gasteiger partial charge < -0.3 is 9.88 Å². The lowest BCUT2D eigenvalue weighted by Gasteiger charge is -2.19. The van der Waals surface area contributed by atoms with Gasteiger partial charge in [0.05, 0.1) is 0 Å². The molecule has 5 heteroatoms. The van der Waals surface area contributed by atoms with Crippen molar-refractivity contribution in [2.75, 3.05) is 0 Å². The monoisotopic (exact) mass is 236 g/mol. The minimum absolute atomic E-state index is 0.387. The molecule has 0 aliphatic heterocycles. The van der Waals surface area contributed by atoms with Crippen molar-refractivity contribution < 1.29 is 0 Å². The molecule has 2 aromatic heterocycles. The summed E-state index contributed by atoms with van der Waals surface area (Å²) in [5.41, 5.74) is 1.35. The number of nitrogens with zero attached hydrogens (tertiary/aromatic N) is 3. The molecule has 86 valence electrons. The molecule has 0 aliphatic carbocycles.